The van der Waals surface area contributed by atoms with Gasteiger partial charge in [-0.1, -0.05) is 58.4 Å². The van der Waals surface area contributed by atoms with E-state index in [4.69, 9.17) is 5.73 Å². The summed E-state index contributed by atoms with van der Waals surface area (Å²) in [6.07, 6.45) is 6.28. The van der Waals surface area contributed by atoms with Crippen molar-refractivity contribution in [2.24, 2.45) is 11.7 Å². The van der Waals surface area contributed by atoms with Crippen LogP contribution in [0.5, 0.6) is 0 Å². The molecule has 0 aliphatic heterocycles. The minimum absolute atomic E-state index is 0. The number of hydrogen-bond donors (Lipinski definition) is 1. The van der Waals surface area contributed by atoms with Gasteiger partial charge < -0.3 is 5.73 Å². The zero-order valence-electron chi connectivity index (χ0n) is 13.0. The van der Waals surface area contributed by atoms with Crippen LogP contribution in [0.15, 0.2) is 24.3 Å². The Morgan fingerprint density at radius 2 is 1.42 bits per heavy atom. The molecule has 0 bridgehead atoms. The van der Waals surface area contributed by atoms with Gasteiger partial charge in [0.25, 0.3) is 0 Å². The number of rotatable bonds is 3. The lowest BCUT2D eigenvalue weighted by molar-refractivity contribution is 0.481. The molecule has 2 aliphatic carbocycles. The van der Waals surface area contributed by atoms with Crippen LogP contribution in [0.4, 0.5) is 0 Å². The SMILES string of the molecule is CC(C)C1(c2ccc(C3(N)CC3)cc2)CC1.CCC.[HH]. The van der Waals surface area contributed by atoms with Crippen molar-refractivity contribution in [2.75, 3.05) is 0 Å². The quantitative estimate of drug-likeness (QED) is 0.815. The molecule has 0 amide bonds. The summed E-state index contributed by atoms with van der Waals surface area (Å²) in [6, 6.07) is 9.14. The van der Waals surface area contributed by atoms with E-state index < -0.39 is 0 Å². The Balaban J connectivity index is 0.000000462. The highest BCUT2D eigenvalue weighted by molar-refractivity contribution is 5.38. The Morgan fingerprint density at radius 1 is 1.00 bits per heavy atom. The van der Waals surface area contributed by atoms with Crippen LogP contribution in [-0.4, -0.2) is 0 Å². The number of hydrogen-bond acceptors (Lipinski definition) is 1. The number of nitrogens with two attached hydrogens (primary N) is 1. The average Bonchev–Trinajstić information content (AvgIpc) is 3.26. The third-order valence-corrected chi connectivity index (χ3v) is 4.72. The molecule has 108 valence electrons. The zero-order chi connectivity index (χ0) is 14.1. The van der Waals surface area contributed by atoms with Gasteiger partial charge in [-0.3, -0.25) is 0 Å². The molecule has 0 spiro atoms. The van der Waals surface area contributed by atoms with Crippen molar-refractivity contribution in [3.63, 3.8) is 0 Å². The molecular formula is C18H31N. The average molecular weight is 261 g/mol. The molecule has 1 nitrogen and oxygen atoms in total. The molecule has 0 radical (unpaired) electrons. The van der Waals surface area contributed by atoms with E-state index in [-0.39, 0.29) is 6.97 Å². The molecule has 3 rings (SSSR count). The smallest absolute Gasteiger partial charge is 0.0411 e. The van der Waals surface area contributed by atoms with E-state index in [0.29, 0.717) is 5.41 Å². The fourth-order valence-electron chi connectivity index (χ4n) is 2.89. The Bertz CT molecular complexity index is 414. The van der Waals surface area contributed by atoms with Gasteiger partial charge in [0.1, 0.15) is 0 Å². The van der Waals surface area contributed by atoms with E-state index in [2.05, 4.69) is 52.0 Å². The first kappa shape index (κ1) is 14.6. The Morgan fingerprint density at radius 3 is 1.74 bits per heavy atom. The molecule has 0 saturated heterocycles. The van der Waals surface area contributed by atoms with E-state index in [1.165, 1.54) is 30.4 Å². The van der Waals surface area contributed by atoms with Gasteiger partial charge >= 0.3 is 0 Å². The third kappa shape index (κ3) is 2.86. The normalized spacial score (nSPS) is 21.6. The minimum Gasteiger partial charge on any atom is -0.321 e. The van der Waals surface area contributed by atoms with Crippen molar-refractivity contribution in [1.29, 1.82) is 0 Å². The molecule has 0 heterocycles. The van der Waals surface area contributed by atoms with Crippen LogP contribution >= 0.6 is 0 Å². The molecule has 2 fully saturated rings. The standard InChI is InChI=1S/C15H21N.C3H8.H2/c1-11(2)14(7-8-14)12-3-5-13(6-4-12)15(16)9-10-15;1-3-2;/h3-6,11H,7-10,16H2,1-2H3;3H2,1-2H3;1H. The van der Waals surface area contributed by atoms with Crippen LogP contribution in [0.1, 0.15) is 72.4 Å². The monoisotopic (exact) mass is 261 g/mol. The lowest BCUT2D eigenvalue weighted by Gasteiger charge is -2.21. The Hall–Kier alpha value is -0.820. The minimum atomic E-state index is 0. The maximum atomic E-state index is 6.20. The first-order chi connectivity index (χ1) is 8.98. The van der Waals surface area contributed by atoms with Crippen LogP contribution in [0.25, 0.3) is 0 Å². The highest BCUT2D eigenvalue weighted by atomic mass is 14.8. The van der Waals surface area contributed by atoms with Gasteiger partial charge in [-0.25, -0.2) is 0 Å². The van der Waals surface area contributed by atoms with Crippen molar-refractivity contribution < 1.29 is 1.43 Å². The highest BCUT2D eigenvalue weighted by Gasteiger charge is 2.47. The van der Waals surface area contributed by atoms with E-state index >= 15 is 0 Å². The summed E-state index contributed by atoms with van der Waals surface area (Å²) in [4.78, 5) is 0. The van der Waals surface area contributed by atoms with Gasteiger partial charge in [0.15, 0.2) is 0 Å². The van der Waals surface area contributed by atoms with Crippen molar-refractivity contribution >= 4 is 0 Å². The third-order valence-electron chi connectivity index (χ3n) is 4.72. The van der Waals surface area contributed by atoms with Gasteiger partial charge in [0.2, 0.25) is 0 Å². The summed E-state index contributed by atoms with van der Waals surface area (Å²) in [5, 5.41) is 0. The lowest BCUT2D eigenvalue weighted by Crippen LogP contribution is -2.19. The fraction of sp³-hybridized carbons (Fsp3) is 0.667. The zero-order valence-corrected chi connectivity index (χ0v) is 13.0. The summed E-state index contributed by atoms with van der Waals surface area (Å²) in [5.74, 6) is 0.756. The van der Waals surface area contributed by atoms with Crippen molar-refractivity contribution in [3.8, 4) is 0 Å². The van der Waals surface area contributed by atoms with E-state index in [9.17, 15) is 0 Å². The van der Waals surface area contributed by atoms with Crippen molar-refractivity contribution in [2.45, 2.75) is 70.8 Å². The second-order valence-corrected chi connectivity index (χ2v) is 6.75. The molecule has 2 saturated carbocycles. The van der Waals surface area contributed by atoms with Crippen LogP contribution in [0.3, 0.4) is 0 Å². The van der Waals surface area contributed by atoms with Crippen LogP contribution in [-0.2, 0) is 11.0 Å². The van der Waals surface area contributed by atoms with Gasteiger partial charge in [-0.2, -0.15) is 0 Å². The topological polar surface area (TPSA) is 26.0 Å². The van der Waals surface area contributed by atoms with Gasteiger partial charge in [-0.15, -0.1) is 0 Å². The summed E-state index contributed by atoms with van der Waals surface area (Å²) in [6.45, 7) is 8.93. The van der Waals surface area contributed by atoms with Crippen LogP contribution < -0.4 is 5.73 Å². The summed E-state index contributed by atoms with van der Waals surface area (Å²) in [5.41, 5.74) is 9.57. The molecule has 1 aromatic rings. The van der Waals surface area contributed by atoms with Crippen LogP contribution in [0.2, 0.25) is 0 Å². The van der Waals surface area contributed by atoms with Gasteiger partial charge in [0, 0.05) is 6.97 Å². The molecule has 0 atom stereocenters. The van der Waals surface area contributed by atoms with Gasteiger partial charge in [-0.05, 0) is 48.1 Å². The molecule has 1 heteroatoms. The summed E-state index contributed by atoms with van der Waals surface area (Å²) in [7, 11) is 0. The lowest BCUT2D eigenvalue weighted by atomic mass is 9.84. The maximum absolute atomic E-state index is 6.20. The summed E-state index contributed by atoms with van der Waals surface area (Å²) < 4.78 is 0. The maximum Gasteiger partial charge on any atom is 0.0411 e. The van der Waals surface area contributed by atoms with E-state index in [1.807, 2.05) is 0 Å². The highest BCUT2D eigenvalue weighted by Crippen LogP contribution is 2.54. The Labute approximate surface area is 120 Å². The Kier molecular flexibility index (Phi) is 4.06. The molecule has 19 heavy (non-hydrogen) atoms. The van der Waals surface area contributed by atoms with Crippen molar-refractivity contribution in [3.05, 3.63) is 35.4 Å². The van der Waals surface area contributed by atoms with Gasteiger partial charge in [0.05, 0.1) is 0 Å². The predicted octanol–water partition coefficient (Wildman–Crippen LogP) is 4.98. The molecule has 0 unspecified atom stereocenters. The van der Waals surface area contributed by atoms with E-state index in [0.717, 1.165) is 18.8 Å². The van der Waals surface area contributed by atoms with Crippen molar-refractivity contribution in [1.82, 2.24) is 0 Å². The molecule has 2 N–H and O–H groups in total. The van der Waals surface area contributed by atoms with Crippen LogP contribution in [0, 0.1) is 5.92 Å². The summed E-state index contributed by atoms with van der Waals surface area (Å²) >= 11 is 0. The number of benzene rings is 1. The van der Waals surface area contributed by atoms with E-state index in [1.54, 1.807) is 0 Å². The first-order valence-corrected chi connectivity index (χ1v) is 7.88. The molecule has 0 aromatic heterocycles. The molecule has 2 aliphatic rings. The fourth-order valence-corrected chi connectivity index (χ4v) is 2.89. The second kappa shape index (κ2) is 5.28. The molecule has 1 aromatic carbocycles. The second-order valence-electron chi connectivity index (χ2n) is 6.75. The predicted molar refractivity (Wildman–Crippen MR) is 85.4 cm³/mol. The largest absolute Gasteiger partial charge is 0.321 e. The first-order valence-electron chi connectivity index (χ1n) is 7.88. The molecular weight excluding hydrogens is 230 g/mol.